The fraction of sp³-hybridized carbons (Fsp3) is 0.727. The van der Waals surface area contributed by atoms with E-state index in [1.807, 2.05) is 0 Å². The zero-order valence-corrected chi connectivity index (χ0v) is 17.5. The Hall–Kier alpha value is -0.860. The molecular weight excluding hydrogens is 296 g/mol. The van der Waals surface area contributed by atoms with Gasteiger partial charge in [-0.1, -0.05) is 65.8 Å². The second-order valence-corrected chi connectivity index (χ2v) is 10.3. The summed E-state index contributed by atoms with van der Waals surface area (Å²) in [7, 11) is 0. The lowest BCUT2D eigenvalue weighted by atomic mass is 9.84. The summed E-state index contributed by atoms with van der Waals surface area (Å²) in [4.78, 5) is 0. The van der Waals surface area contributed by atoms with Crippen molar-refractivity contribution >= 4 is 0 Å². The molecule has 24 heavy (non-hydrogen) atoms. The Morgan fingerprint density at radius 1 is 0.583 bits per heavy atom. The number of ether oxygens (including phenoxy) is 2. The third kappa shape index (κ3) is 6.57. The molecule has 1 rings (SSSR count). The first-order valence-electron chi connectivity index (χ1n) is 9.02. The van der Waals surface area contributed by atoms with E-state index in [4.69, 9.17) is 9.47 Å². The van der Waals surface area contributed by atoms with Gasteiger partial charge in [0.15, 0.2) is 0 Å². The Balaban J connectivity index is 3.10. The van der Waals surface area contributed by atoms with Gasteiger partial charge in [-0.2, -0.15) is 0 Å². The van der Waals surface area contributed by atoms with Gasteiger partial charge in [-0.3, -0.25) is 0 Å². The van der Waals surface area contributed by atoms with Crippen molar-refractivity contribution in [2.75, 3.05) is 13.2 Å². The summed E-state index contributed by atoms with van der Waals surface area (Å²) in [6, 6.07) is 8.50. The second-order valence-electron chi connectivity index (χ2n) is 10.3. The standard InChI is InChI=1S/C22H38O2/c1-19(2,3)15-23-21(7,8)17-13-11-12-14-18(17)22(9,10)24-16-20(4,5)6/h11-14H,15-16H2,1-10H3. The quantitative estimate of drug-likeness (QED) is 0.609. The van der Waals surface area contributed by atoms with Crippen molar-refractivity contribution in [2.24, 2.45) is 10.8 Å². The molecule has 0 atom stereocenters. The zero-order chi connectivity index (χ0) is 18.8. The van der Waals surface area contributed by atoms with Gasteiger partial charge in [-0.25, -0.2) is 0 Å². The monoisotopic (exact) mass is 334 g/mol. The molecule has 0 saturated heterocycles. The Kier molecular flexibility index (Phi) is 6.33. The van der Waals surface area contributed by atoms with Gasteiger partial charge in [0, 0.05) is 0 Å². The Labute approximate surface area is 149 Å². The van der Waals surface area contributed by atoms with Gasteiger partial charge in [0.2, 0.25) is 0 Å². The summed E-state index contributed by atoms with van der Waals surface area (Å²) >= 11 is 0. The van der Waals surface area contributed by atoms with Gasteiger partial charge in [-0.05, 0) is 49.7 Å². The topological polar surface area (TPSA) is 18.5 Å². The highest BCUT2D eigenvalue weighted by Crippen LogP contribution is 2.37. The van der Waals surface area contributed by atoms with E-state index >= 15 is 0 Å². The first-order chi connectivity index (χ1) is 10.6. The highest BCUT2D eigenvalue weighted by atomic mass is 16.5. The maximum absolute atomic E-state index is 6.31. The van der Waals surface area contributed by atoms with Gasteiger partial charge < -0.3 is 9.47 Å². The smallest absolute Gasteiger partial charge is 0.0879 e. The summed E-state index contributed by atoms with van der Waals surface area (Å²) in [5.41, 5.74) is 1.98. The van der Waals surface area contributed by atoms with Crippen LogP contribution < -0.4 is 0 Å². The van der Waals surface area contributed by atoms with Crippen LogP contribution in [0.3, 0.4) is 0 Å². The van der Waals surface area contributed by atoms with E-state index in [2.05, 4.69) is 93.5 Å². The predicted molar refractivity (Wildman–Crippen MR) is 103 cm³/mol. The van der Waals surface area contributed by atoms with Crippen molar-refractivity contribution < 1.29 is 9.47 Å². The predicted octanol–water partition coefficient (Wildman–Crippen LogP) is 6.28. The SMILES string of the molecule is CC(C)(C)COC(C)(C)c1ccccc1C(C)(C)OCC(C)(C)C. The molecule has 1 aromatic rings. The largest absolute Gasteiger partial charge is 0.370 e. The molecule has 1 aromatic carbocycles. The van der Waals surface area contributed by atoms with Crippen LogP contribution in [0.25, 0.3) is 0 Å². The van der Waals surface area contributed by atoms with Crippen LogP contribution in [0.1, 0.15) is 80.4 Å². The van der Waals surface area contributed by atoms with Crippen LogP contribution in [0.2, 0.25) is 0 Å². The number of benzene rings is 1. The summed E-state index contributed by atoms with van der Waals surface area (Å²) < 4.78 is 12.6. The molecule has 0 aliphatic carbocycles. The lowest BCUT2D eigenvalue weighted by molar-refractivity contribution is -0.0710. The van der Waals surface area contributed by atoms with Crippen LogP contribution in [0.5, 0.6) is 0 Å². The highest BCUT2D eigenvalue weighted by molar-refractivity contribution is 5.35. The molecule has 0 amide bonds. The minimum absolute atomic E-state index is 0.143. The lowest BCUT2D eigenvalue weighted by Gasteiger charge is -2.37. The van der Waals surface area contributed by atoms with Gasteiger partial charge in [0.1, 0.15) is 0 Å². The van der Waals surface area contributed by atoms with Crippen LogP contribution >= 0.6 is 0 Å². The third-order valence-electron chi connectivity index (χ3n) is 3.96. The average molecular weight is 335 g/mol. The van der Waals surface area contributed by atoms with E-state index in [0.29, 0.717) is 0 Å². The van der Waals surface area contributed by atoms with E-state index in [9.17, 15) is 0 Å². The average Bonchev–Trinajstić information content (AvgIpc) is 2.42. The van der Waals surface area contributed by atoms with E-state index in [1.165, 1.54) is 11.1 Å². The Morgan fingerprint density at radius 2 is 0.875 bits per heavy atom. The fourth-order valence-corrected chi connectivity index (χ4v) is 2.48. The summed E-state index contributed by atoms with van der Waals surface area (Å²) in [5.74, 6) is 0. The molecule has 0 aromatic heterocycles. The maximum Gasteiger partial charge on any atom is 0.0879 e. The van der Waals surface area contributed by atoms with Crippen LogP contribution in [-0.4, -0.2) is 13.2 Å². The van der Waals surface area contributed by atoms with Gasteiger partial charge in [0.05, 0.1) is 24.4 Å². The molecule has 0 heterocycles. The van der Waals surface area contributed by atoms with Crippen LogP contribution in [0, 0.1) is 10.8 Å². The van der Waals surface area contributed by atoms with Gasteiger partial charge in [-0.15, -0.1) is 0 Å². The van der Waals surface area contributed by atoms with Crippen molar-refractivity contribution in [3.05, 3.63) is 35.4 Å². The van der Waals surface area contributed by atoms with E-state index in [1.54, 1.807) is 0 Å². The molecule has 0 spiro atoms. The summed E-state index contributed by atoms with van der Waals surface area (Å²) in [5, 5.41) is 0. The Morgan fingerprint density at radius 3 is 1.12 bits per heavy atom. The number of hydrogen-bond donors (Lipinski definition) is 0. The molecule has 2 heteroatoms. The number of rotatable bonds is 6. The second kappa shape index (κ2) is 7.17. The summed E-state index contributed by atoms with van der Waals surface area (Å²) in [6.45, 7) is 23.2. The van der Waals surface area contributed by atoms with Crippen molar-refractivity contribution in [2.45, 2.75) is 80.4 Å². The molecule has 0 saturated carbocycles. The molecular formula is C22H38O2. The molecule has 0 unspecified atom stereocenters. The molecule has 138 valence electrons. The Bertz CT molecular complexity index is 479. The molecule has 0 aliphatic rings. The third-order valence-corrected chi connectivity index (χ3v) is 3.96. The molecule has 0 bridgehead atoms. The maximum atomic E-state index is 6.31. The molecule has 0 N–H and O–H groups in total. The van der Waals surface area contributed by atoms with Crippen LogP contribution in [0.4, 0.5) is 0 Å². The van der Waals surface area contributed by atoms with Gasteiger partial charge in [0.25, 0.3) is 0 Å². The molecule has 0 radical (unpaired) electrons. The van der Waals surface area contributed by atoms with E-state index in [0.717, 1.165) is 13.2 Å². The first-order valence-corrected chi connectivity index (χ1v) is 9.02. The van der Waals surface area contributed by atoms with Crippen molar-refractivity contribution in [3.8, 4) is 0 Å². The minimum atomic E-state index is -0.355. The van der Waals surface area contributed by atoms with Crippen molar-refractivity contribution in [3.63, 3.8) is 0 Å². The van der Waals surface area contributed by atoms with Crippen LogP contribution in [0.15, 0.2) is 24.3 Å². The highest BCUT2D eigenvalue weighted by Gasteiger charge is 2.33. The molecule has 0 fully saturated rings. The zero-order valence-electron chi connectivity index (χ0n) is 17.5. The van der Waals surface area contributed by atoms with E-state index in [-0.39, 0.29) is 22.0 Å². The number of hydrogen-bond acceptors (Lipinski definition) is 2. The fourth-order valence-electron chi connectivity index (χ4n) is 2.48. The molecule has 0 aliphatic heterocycles. The van der Waals surface area contributed by atoms with Gasteiger partial charge >= 0.3 is 0 Å². The van der Waals surface area contributed by atoms with Crippen LogP contribution in [-0.2, 0) is 20.7 Å². The normalized spacial score (nSPS) is 14.1. The first kappa shape index (κ1) is 21.2. The molecule has 2 nitrogen and oxygen atoms in total. The van der Waals surface area contributed by atoms with Crippen molar-refractivity contribution in [1.29, 1.82) is 0 Å². The minimum Gasteiger partial charge on any atom is -0.370 e. The lowest BCUT2D eigenvalue weighted by Crippen LogP contribution is -2.33. The summed E-state index contributed by atoms with van der Waals surface area (Å²) in [6.07, 6.45) is 0. The van der Waals surface area contributed by atoms with Crippen molar-refractivity contribution in [1.82, 2.24) is 0 Å². The van der Waals surface area contributed by atoms with E-state index < -0.39 is 0 Å².